The standard InChI is InChI=1S/C96H60N2S2Si2/c1-5-23-67(24-6-1)101(68-25-7-2-8-26-68)91-41-19-15-33-75(91)83-59-65(47-53-93(83)101)97-85-49-43-61(55-79(85)81-57-63(45-51-87(81)97)71-35-21-37-77-73-31-13-17-39-89(73)99-95(71)77)62-44-50-86-80(56-62)82-58-64(72-36-22-38-78-74-32-14-18-40-90(74)100-96(72)78)46-52-88(82)98(86)66-48-54-94-84(60-66)76-34-16-20-42-92(76)102(94,69-27-9-3-10-28-69)70-29-11-4-12-30-70/h1-60H. The summed E-state index contributed by atoms with van der Waals surface area (Å²) in [5.41, 5.74) is 19.6. The summed E-state index contributed by atoms with van der Waals surface area (Å²) in [6, 6.07) is 139. The van der Waals surface area contributed by atoms with Gasteiger partial charge in [0.2, 0.25) is 0 Å². The number of thiophene rings is 2. The van der Waals surface area contributed by atoms with Crippen molar-refractivity contribution >= 4 is 164 Å². The molecule has 0 aliphatic carbocycles. The largest absolute Gasteiger partial charge is 0.309 e. The summed E-state index contributed by atoms with van der Waals surface area (Å²) in [6.45, 7) is 0. The summed E-state index contributed by atoms with van der Waals surface area (Å²) in [5.74, 6) is 0. The van der Waals surface area contributed by atoms with Gasteiger partial charge in [0.25, 0.3) is 0 Å². The van der Waals surface area contributed by atoms with E-state index in [4.69, 9.17) is 0 Å². The minimum Gasteiger partial charge on any atom is -0.309 e. The molecule has 0 radical (unpaired) electrons. The van der Waals surface area contributed by atoms with Crippen LogP contribution in [0.25, 0.3) is 151 Å². The van der Waals surface area contributed by atoms with E-state index in [0.717, 1.165) is 11.4 Å². The number of hydrogen-bond acceptors (Lipinski definition) is 2. The van der Waals surface area contributed by atoms with Crippen molar-refractivity contribution in [2.24, 2.45) is 0 Å². The van der Waals surface area contributed by atoms with Crippen molar-refractivity contribution in [1.29, 1.82) is 0 Å². The molecule has 2 aliphatic rings. The smallest absolute Gasteiger partial charge is 0.180 e. The lowest BCUT2D eigenvalue weighted by Crippen LogP contribution is -2.72. The molecule has 0 fully saturated rings. The number of rotatable bonds is 9. The fourth-order valence-corrected chi connectivity index (χ4v) is 31.2. The Balaban J connectivity index is 0.761. The van der Waals surface area contributed by atoms with Crippen molar-refractivity contribution in [2.75, 3.05) is 0 Å². The lowest BCUT2D eigenvalue weighted by atomic mass is 9.98. The highest BCUT2D eigenvalue weighted by Crippen LogP contribution is 2.47. The SMILES string of the molecule is c1ccc([Si]2(c3ccccc3)c3ccccc3-c3cc(-n4c5ccc(-c6ccc7c(c6)c6cc(-c8cccc9c8sc8ccccc89)ccc6n7-c6ccc7c(c6)-c6ccccc6[Si]7(c6ccccc6)c6ccccc6)cc5c5cc(-c6cccc7c6sc6ccccc67)ccc54)ccc32)cc1. The Morgan fingerprint density at radius 2 is 0.500 bits per heavy atom. The van der Waals surface area contributed by atoms with Gasteiger partial charge in [-0.3, -0.25) is 0 Å². The quantitative estimate of drug-likeness (QED) is 0.128. The lowest BCUT2D eigenvalue weighted by molar-refractivity contribution is 1.18. The number of benzene rings is 16. The van der Waals surface area contributed by atoms with Gasteiger partial charge >= 0.3 is 0 Å². The molecule has 6 heterocycles. The van der Waals surface area contributed by atoms with E-state index < -0.39 is 16.1 Å². The average molecular weight is 1360 g/mol. The molecule has 2 nitrogen and oxygen atoms in total. The molecule has 22 rings (SSSR count). The van der Waals surface area contributed by atoms with Crippen LogP contribution in [0, 0.1) is 0 Å². The molecule has 0 spiro atoms. The number of nitrogens with zero attached hydrogens (tertiary/aromatic N) is 2. The summed E-state index contributed by atoms with van der Waals surface area (Å²) in [6.07, 6.45) is 0. The second-order valence-electron chi connectivity index (χ2n) is 27.7. The van der Waals surface area contributed by atoms with Crippen LogP contribution in [-0.2, 0) is 0 Å². The normalized spacial score (nSPS) is 13.5. The predicted molar refractivity (Wildman–Crippen MR) is 442 cm³/mol. The molecule has 2 aliphatic heterocycles. The van der Waals surface area contributed by atoms with Crippen LogP contribution in [0.5, 0.6) is 0 Å². The van der Waals surface area contributed by atoms with Gasteiger partial charge in [0.15, 0.2) is 16.1 Å². The van der Waals surface area contributed by atoms with Gasteiger partial charge < -0.3 is 9.13 Å². The van der Waals surface area contributed by atoms with Crippen LogP contribution in [0.1, 0.15) is 0 Å². The summed E-state index contributed by atoms with van der Waals surface area (Å²) in [5, 5.41) is 21.5. The first-order chi connectivity index (χ1) is 50.6. The van der Waals surface area contributed by atoms with Crippen LogP contribution in [0.3, 0.4) is 0 Å². The lowest BCUT2D eigenvalue weighted by Gasteiger charge is -2.31. The second-order valence-corrected chi connectivity index (χ2v) is 37.2. The first-order valence-corrected chi connectivity index (χ1v) is 40.9. The molecule has 102 heavy (non-hydrogen) atoms. The summed E-state index contributed by atoms with van der Waals surface area (Å²) in [7, 11) is -5.43. The van der Waals surface area contributed by atoms with Gasteiger partial charge in [-0.25, -0.2) is 0 Å². The van der Waals surface area contributed by atoms with E-state index in [1.807, 2.05) is 22.7 Å². The number of fused-ring (bicyclic) bond motifs is 18. The molecule has 20 aromatic rings. The van der Waals surface area contributed by atoms with E-state index in [1.54, 1.807) is 0 Å². The van der Waals surface area contributed by atoms with Crippen LogP contribution in [-0.4, -0.2) is 25.3 Å². The van der Waals surface area contributed by atoms with Crippen LogP contribution in [0.4, 0.5) is 0 Å². The van der Waals surface area contributed by atoms with Crippen molar-refractivity contribution < 1.29 is 0 Å². The monoisotopic (exact) mass is 1360 g/mol. The molecule has 0 bridgehead atoms. The average Bonchev–Trinajstić information content (AvgIpc) is 1.54. The van der Waals surface area contributed by atoms with Gasteiger partial charge in [0.1, 0.15) is 0 Å². The van der Waals surface area contributed by atoms with Crippen molar-refractivity contribution in [1.82, 2.24) is 9.13 Å². The van der Waals surface area contributed by atoms with Gasteiger partial charge in [-0.15, -0.1) is 22.7 Å². The van der Waals surface area contributed by atoms with Gasteiger partial charge in [0, 0.05) is 73.3 Å². The summed E-state index contributed by atoms with van der Waals surface area (Å²) >= 11 is 3.79. The topological polar surface area (TPSA) is 9.86 Å². The molecule has 0 amide bonds. The molecular weight excluding hydrogens is 1300 g/mol. The van der Waals surface area contributed by atoms with Crippen molar-refractivity contribution in [3.8, 4) is 67.0 Å². The Hall–Kier alpha value is -12.0. The Morgan fingerprint density at radius 3 is 0.892 bits per heavy atom. The third-order valence-electron chi connectivity index (χ3n) is 22.7. The highest BCUT2D eigenvalue weighted by molar-refractivity contribution is 7.27. The Kier molecular flexibility index (Phi) is 12.6. The zero-order chi connectivity index (χ0) is 66.8. The van der Waals surface area contributed by atoms with E-state index in [-0.39, 0.29) is 0 Å². The third kappa shape index (κ3) is 8.14. The minimum absolute atomic E-state index is 1.15. The predicted octanol–water partition coefficient (Wildman–Crippen LogP) is 20.3. The van der Waals surface area contributed by atoms with Gasteiger partial charge in [-0.05, 0) is 182 Å². The second kappa shape index (κ2) is 22.2. The zero-order valence-corrected chi connectivity index (χ0v) is 59.0. The first kappa shape index (κ1) is 57.9. The Labute approximate surface area is 599 Å². The van der Waals surface area contributed by atoms with Crippen LogP contribution >= 0.6 is 22.7 Å². The van der Waals surface area contributed by atoms with Crippen LogP contribution in [0.15, 0.2) is 364 Å². The zero-order valence-electron chi connectivity index (χ0n) is 55.4. The highest BCUT2D eigenvalue weighted by Gasteiger charge is 2.50. The number of hydrogen-bond donors (Lipinski definition) is 0. The van der Waals surface area contributed by atoms with Crippen molar-refractivity contribution in [3.63, 3.8) is 0 Å². The molecule has 6 heteroatoms. The Bertz CT molecular complexity index is 6390. The molecule has 16 aromatic carbocycles. The van der Waals surface area contributed by atoms with Gasteiger partial charge in [-0.1, -0.05) is 279 Å². The van der Waals surface area contributed by atoms with Crippen LogP contribution in [0.2, 0.25) is 0 Å². The van der Waals surface area contributed by atoms with Gasteiger partial charge in [-0.2, -0.15) is 0 Å². The maximum atomic E-state index is 2.55. The fourth-order valence-electron chi connectivity index (χ4n) is 18.4. The minimum atomic E-state index is -2.71. The van der Waals surface area contributed by atoms with E-state index in [9.17, 15) is 0 Å². The molecule has 0 N–H and O–H groups in total. The van der Waals surface area contributed by atoms with Gasteiger partial charge in [0.05, 0.1) is 22.1 Å². The van der Waals surface area contributed by atoms with E-state index in [0.29, 0.717) is 0 Å². The maximum Gasteiger partial charge on any atom is 0.180 e. The summed E-state index contributed by atoms with van der Waals surface area (Å²) in [4.78, 5) is 0. The molecular formula is C96H60N2S2Si2. The van der Waals surface area contributed by atoms with Crippen LogP contribution < -0.4 is 41.5 Å². The van der Waals surface area contributed by atoms with Crippen molar-refractivity contribution in [3.05, 3.63) is 364 Å². The Morgan fingerprint density at radius 1 is 0.196 bits per heavy atom. The van der Waals surface area contributed by atoms with E-state index in [2.05, 4.69) is 373 Å². The van der Waals surface area contributed by atoms with E-state index >= 15 is 0 Å². The molecule has 0 saturated heterocycles. The molecule has 0 atom stereocenters. The first-order valence-electron chi connectivity index (χ1n) is 35.3. The molecule has 0 unspecified atom stereocenters. The molecule has 474 valence electrons. The molecule has 0 saturated carbocycles. The maximum absolute atomic E-state index is 2.71. The fraction of sp³-hybridized carbons (Fsp3) is 0. The third-order valence-corrected chi connectivity index (χ3v) is 34.9. The number of aromatic nitrogens is 2. The van der Waals surface area contributed by atoms with Crippen molar-refractivity contribution in [2.45, 2.75) is 0 Å². The summed E-state index contributed by atoms with van der Waals surface area (Å²) < 4.78 is 10.4. The highest BCUT2D eigenvalue weighted by atomic mass is 32.1. The molecule has 4 aromatic heterocycles. The van der Waals surface area contributed by atoms with E-state index in [1.165, 1.54) is 181 Å².